The molecule has 1 nitrogen and oxygen atoms in total. The minimum absolute atomic E-state index is 0.990. The molecule has 0 radical (unpaired) electrons. The lowest BCUT2D eigenvalue weighted by atomic mass is 10.2. The van der Waals surface area contributed by atoms with Crippen LogP contribution in [0.2, 0.25) is 0 Å². The summed E-state index contributed by atoms with van der Waals surface area (Å²) in [6.45, 7) is 2.07. The molecule has 2 rings (SSSR count). The molecule has 0 amide bonds. The molecule has 1 heteroatoms. The summed E-state index contributed by atoms with van der Waals surface area (Å²) < 4.78 is 0. The van der Waals surface area contributed by atoms with Crippen LogP contribution in [0.15, 0.2) is 59.6 Å². The molecule has 0 unspecified atom stereocenters. The summed E-state index contributed by atoms with van der Waals surface area (Å²) in [7, 11) is 0. The van der Waals surface area contributed by atoms with Crippen molar-refractivity contribution in [2.24, 2.45) is 4.99 Å². The van der Waals surface area contributed by atoms with Crippen LogP contribution in [0.5, 0.6) is 0 Å². The molecule has 0 fully saturated rings. The Kier molecular flexibility index (Phi) is 2.93. The van der Waals surface area contributed by atoms with E-state index >= 15 is 0 Å². The highest BCUT2D eigenvalue weighted by atomic mass is 14.7. The topological polar surface area (TPSA) is 12.4 Å². The number of rotatable bonds is 2. The van der Waals surface area contributed by atoms with Crippen LogP contribution in [0.25, 0.3) is 0 Å². The summed E-state index contributed by atoms with van der Waals surface area (Å²) in [5.74, 6) is 0. The van der Waals surface area contributed by atoms with Gasteiger partial charge in [-0.1, -0.05) is 48.0 Å². The lowest BCUT2D eigenvalue weighted by Crippen LogP contribution is -1.77. The predicted octanol–water partition coefficient (Wildman–Crippen LogP) is 3.75. The van der Waals surface area contributed by atoms with Gasteiger partial charge in [-0.25, -0.2) is 0 Å². The fraction of sp³-hybridized carbons (Fsp3) is 0.0714. The molecule has 0 saturated heterocycles. The van der Waals surface area contributed by atoms with E-state index in [0.717, 1.165) is 11.3 Å². The lowest BCUT2D eigenvalue weighted by Gasteiger charge is -1.94. The van der Waals surface area contributed by atoms with E-state index in [9.17, 15) is 0 Å². The van der Waals surface area contributed by atoms with Crippen LogP contribution < -0.4 is 0 Å². The maximum absolute atomic E-state index is 4.39. The van der Waals surface area contributed by atoms with Crippen molar-refractivity contribution in [1.82, 2.24) is 0 Å². The molecule has 0 atom stereocenters. The third kappa shape index (κ3) is 2.78. The standard InChI is InChI=1S/C14H13N/c1-12-7-9-14(10-8-12)15-11-13-5-3-2-4-6-13/h2-11H,1H3. The molecule has 0 aromatic heterocycles. The first kappa shape index (κ1) is 9.66. The Labute approximate surface area is 90.1 Å². The molecule has 0 saturated carbocycles. The third-order valence-electron chi connectivity index (χ3n) is 2.20. The first-order valence-electron chi connectivity index (χ1n) is 5.00. The van der Waals surface area contributed by atoms with Gasteiger partial charge in [0.15, 0.2) is 0 Å². The second-order valence-corrected chi connectivity index (χ2v) is 3.50. The Morgan fingerprint density at radius 2 is 1.53 bits per heavy atom. The van der Waals surface area contributed by atoms with Crippen molar-refractivity contribution in [1.29, 1.82) is 0 Å². The maximum Gasteiger partial charge on any atom is 0.0630 e. The van der Waals surface area contributed by atoms with Gasteiger partial charge in [0.05, 0.1) is 5.69 Å². The lowest BCUT2D eigenvalue weighted by molar-refractivity contribution is 1.44. The van der Waals surface area contributed by atoms with Gasteiger partial charge in [0.1, 0.15) is 0 Å². The van der Waals surface area contributed by atoms with Crippen molar-refractivity contribution in [2.45, 2.75) is 6.92 Å². The molecule has 0 aliphatic rings. The Morgan fingerprint density at radius 3 is 2.20 bits per heavy atom. The van der Waals surface area contributed by atoms with Gasteiger partial charge < -0.3 is 0 Å². The van der Waals surface area contributed by atoms with Gasteiger partial charge in [0.25, 0.3) is 0 Å². The van der Waals surface area contributed by atoms with Crippen LogP contribution >= 0.6 is 0 Å². The molecule has 0 N–H and O–H groups in total. The molecule has 0 aliphatic carbocycles. The van der Waals surface area contributed by atoms with Crippen LogP contribution in [-0.4, -0.2) is 6.21 Å². The molecular formula is C14H13N. The molecular weight excluding hydrogens is 182 g/mol. The Hall–Kier alpha value is -1.89. The zero-order chi connectivity index (χ0) is 10.5. The van der Waals surface area contributed by atoms with Crippen molar-refractivity contribution < 1.29 is 0 Å². The smallest absolute Gasteiger partial charge is 0.0630 e. The number of aryl methyl sites for hydroxylation is 1. The van der Waals surface area contributed by atoms with E-state index in [1.165, 1.54) is 5.56 Å². The highest BCUT2D eigenvalue weighted by Crippen LogP contribution is 2.12. The van der Waals surface area contributed by atoms with Crippen molar-refractivity contribution in [2.75, 3.05) is 0 Å². The Bertz CT molecular complexity index is 441. The normalized spacial score (nSPS) is 10.7. The fourth-order valence-corrected chi connectivity index (χ4v) is 1.32. The summed E-state index contributed by atoms with van der Waals surface area (Å²) in [5, 5.41) is 0. The van der Waals surface area contributed by atoms with E-state index in [2.05, 4.69) is 24.0 Å². The number of hydrogen-bond donors (Lipinski definition) is 0. The first-order valence-corrected chi connectivity index (χ1v) is 5.00. The van der Waals surface area contributed by atoms with Crippen molar-refractivity contribution >= 4 is 11.9 Å². The van der Waals surface area contributed by atoms with E-state index in [1.807, 2.05) is 48.7 Å². The summed E-state index contributed by atoms with van der Waals surface area (Å²) >= 11 is 0. The van der Waals surface area contributed by atoms with Crippen LogP contribution in [0, 0.1) is 6.92 Å². The Balaban J connectivity index is 2.15. The summed E-state index contributed by atoms with van der Waals surface area (Å²) in [5.41, 5.74) is 3.37. The Morgan fingerprint density at radius 1 is 0.867 bits per heavy atom. The van der Waals surface area contributed by atoms with E-state index < -0.39 is 0 Å². The predicted molar refractivity (Wildman–Crippen MR) is 64.9 cm³/mol. The first-order chi connectivity index (χ1) is 7.34. The second kappa shape index (κ2) is 4.56. The van der Waals surface area contributed by atoms with Crippen molar-refractivity contribution in [3.63, 3.8) is 0 Å². The monoisotopic (exact) mass is 195 g/mol. The second-order valence-electron chi connectivity index (χ2n) is 3.50. The largest absolute Gasteiger partial charge is 0.256 e. The van der Waals surface area contributed by atoms with E-state index in [1.54, 1.807) is 0 Å². The molecule has 0 bridgehead atoms. The fourth-order valence-electron chi connectivity index (χ4n) is 1.32. The minimum atomic E-state index is 0.990. The van der Waals surface area contributed by atoms with Gasteiger partial charge in [0.2, 0.25) is 0 Å². The van der Waals surface area contributed by atoms with Crippen LogP contribution in [0.1, 0.15) is 11.1 Å². The molecule has 15 heavy (non-hydrogen) atoms. The van der Waals surface area contributed by atoms with Crippen molar-refractivity contribution in [3.8, 4) is 0 Å². The van der Waals surface area contributed by atoms with Crippen molar-refractivity contribution in [3.05, 3.63) is 65.7 Å². The highest BCUT2D eigenvalue weighted by Gasteiger charge is 1.87. The minimum Gasteiger partial charge on any atom is -0.256 e. The van der Waals surface area contributed by atoms with Gasteiger partial charge in [0, 0.05) is 6.21 Å². The maximum atomic E-state index is 4.39. The molecule has 74 valence electrons. The molecule has 0 spiro atoms. The highest BCUT2D eigenvalue weighted by molar-refractivity contribution is 5.81. The molecule has 2 aromatic rings. The summed E-state index contributed by atoms with van der Waals surface area (Å²) in [4.78, 5) is 4.39. The van der Waals surface area contributed by atoms with Crippen LogP contribution in [0.4, 0.5) is 5.69 Å². The number of benzene rings is 2. The summed E-state index contributed by atoms with van der Waals surface area (Å²) in [6.07, 6.45) is 1.88. The van der Waals surface area contributed by atoms with E-state index in [0.29, 0.717) is 0 Å². The van der Waals surface area contributed by atoms with Gasteiger partial charge in [-0.3, -0.25) is 4.99 Å². The SMILES string of the molecule is Cc1ccc(N=Cc2ccccc2)cc1. The number of hydrogen-bond acceptors (Lipinski definition) is 1. The average Bonchev–Trinajstić information content (AvgIpc) is 2.30. The van der Waals surface area contributed by atoms with Gasteiger partial charge in [-0.05, 0) is 24.6 Å². The number of nitrogens with zero attached hydrogens (tertiary/aromatic N) is 1. The average molecular weight is 195 g/mol. The van der Waals surface area contributed by atoms with Crippen LogP contribution in [-0.2, 0) is 0 Å². The number of aliphatic imine (C=N–C) groups is 1. The zero-order valence-corrected chi connectivity index (χ0v) is 8.72. The van der Waals surface area contributed by atoms with Gasteiger partial charge >= 0.3 is 0 Å². The molecule has 0 heterocycles. The van der Waals surface area contributed by atoms with Crippen LogP contribution in [0.3, 0.4) is 0 Å². The van der Waals surface area contributed by atoms with E-state index in [4.69, 9.17) is 0 Å². The molecule has 2 aromatic carbocycles. The third-order valence-corrected chi connectivity index (χ3v) is 2.20. The van der Waals surface area contributed by atoms with E-state index in [-0.39, 0.29) is 0 Å². The van der Waals surface area contributed by atoms with Gasteiger partial charge in [-0.2, -0.15) is 0 Å². The molecule has 0 aliphatic heterocycles. The summed E-state index contributed by atoms with van der Waals surface area (Å²) in [6, 6.07) is 18.3. The quantitative estimate of drug-likeness (QED) is 0.647. The zero-order valence-electron chi connectivity index (χ0n) is 8.72. The van der Waals surface area contributed by atoms with Gasteiger partial charge in [-0.15, -0.1) is 0 Å².